The maximum Gasteiger partial charge on any atom is 0.262 e. The lowest BCUT2D eigenvalue weighted by atomic mass is 10.3. The van der Waals surface area contributed by atoms with Crippen molar-refractivity contribution in [2.24, 2.45) is 0 Å². The molecule has 168 valence electrons. The van der Waals surface area contributed by atoms with Crippen LogP contribution in [0.3, 0.4) is 0 Å². The second-order valence-corrected chi connectivity index (χ2v) is 7.37. The summed E-state index contributed by atoms with van der Waals surface area (Å²) in [6, 6.07) is 16.0. The van der Waals surface area contributed by atoms with E-state index in [2.05, 4.69) is 20.4 Å². The zero-order valence-corrected chi connectivity index (χ0v) is 18.4. The van der Waals surface area contributed by atoms with E-state index in [9.17, 15) is 9.18 Å². The number of carbonyl (C=O) groups is 1. The molecule has 0 aliphatic carbocycles. The molecule has 0 spiro atoms. The second kappa shape index (κ2) is 9.47. The Morgan fingerprint density at radius 1 is 0.970 bits per heavy atom. The summed E-state index contributed by atoms with van der Waals surface area (Å²) in [5.41, 5.74) is 2.43. The summed E-state index contributed by atoms with van der Waals surface area (Å²) in [4.78, 5) is 20.9. The van der Waals surface area contributed by atoms with Crippen LogP contribution in [0.15, 0.2) is 60.7 Å². The Bertz CT molecular complexity index is 1270. The van der Waals surface area contributed by atoms with E-state index >= 15 is 0 Å². The number of nitrogens with zero attached hydrogens (tertiary/aromatic N) is 4. The highest BCUT2D eigenvalue weighted by Gasteiger charge is 2.10. The summed E-state index contributed by atoms with van der Waals surface area (Å²) >= 11 is 0. The van der Waals surface area contributed by atoms with Crippen molar-refractivity contribution in [3.63, 3.8) is 0 Å². The summed E-state index contributed by atoms with van der Waals surface area (Å²) in [7, 11) is 0. The van der Waals surface area contributed by atoms with Gasteiger partial charge in [-0.25, -0.2) is 14.1 Å². The predicted octanol–water partition coefficient (Wildman–Crippen LogP) is 4.54. The number of carbonyl (C=O) groups excluding carboxylic acids is 1. The van der Waals surface area contributed by atoms with E-state index < -0.39 is 0 Å². The van der Waals surface area contributed by atoms with E-state index in [0.29, 0.717) is 34.7 Å². The Hall–Kier alpha value is -4.27. The molecular formula is C24H22FN5O3. The number of aromatic nitrogens is 4. The van der Waals surface area contributed by atoms with Crippen molar-refractivity contribution in [1.82, 2.24) is 19.7 Å². The Morgan fingerprint density at radius 3 is 2.33 bits per heavy atom. The molecule has 2 heterocycles. The van der Waals surface area contributed by atoms with E-state index in [1.54, 1.807) is 41.9 Å². The fourth-order valence-corrected chi connectivity index (χ4v) is 3.15. The summed E-state index contributed by atoms with van der Waals surface area (Å²) in [5.74, 6) is 1.81. The van der Waals surface area contributed by atoms with Crippen LogP contribution in [0.5, 0.6) is 17.4 Å². The maximum atomic E-state index is 12.9. The Morgan fingerprint density at radius 2 is 1.67 bits per heavy atom. The van der Waals surface area contributed by atoms with Crippen LogP contribution in [0.1, 0.15) is 17.2 Å². The van der Waals surface area contributed by atoms with E-state index in [-0.39, 0.29) is 18.3 Å². The molecule has 0 saturated carbocycles. The van der Waals surface area contributed by atoms with Crippen LogP contribution in [0.25, 0.3) is 5.82 Å². The maximum absolute atomic E-state index is 12.9. The van der Waals surface area contributed by atoms with Gasteiger partial charge in [0.15, 0.2) is 12.4 Å². The van der Waals surface area contributed by atoms with Gasteiger partial charge in [-0.3, -0.25) is 4.79 Å². The van der Waals surface area contributed by atoms with Crippen molar-refractivity contribution in [3.05, 3.63) is 83.7 Å². The number of nitrogens with one attached hydrogen (secondary N) is 1. The molecule has 9 heteroatoms. The van der Waals surface area contributed by atoms with Gasteiger partial charge in [-0.1, -0.05) is 0 Å². The second-order valence-electron chi connectivity index (χ2n) is 7.37. The standard InChI is InChI=1S/C24H22FN5O3/c1-15-12-16(2)30(29-15)22-13-24(27-17(3)26-22)33-21-10-6-19(7-11-21)28-23(31)14-32-20-8-4-18(25)5-9-20/h4-13H,14H2,1-3H3,(H,28,31). The van der Waals surface area contributed by atoms with Gasteiger partial charge in [0.05, 0.1) is 5.69 Å². The number of anilines is 1. The molecule has 1 N–H and O–H groups in total. The molecule has 4 rings (SSSR count). The first-order valence-corrected chi connectivity index (χ1v) is 10.2. The minimum atomic E-state index is -0.367. The molecule has 0 aliphatic heterocycles. The van der Waals surface area contributed by atoms with Crippen molar-refractivity contribution in [1.29, 1.82) is 0 Å². The normalized spacial score (nSPS) is 10.7. The SMILES string of the molecule is Cc1cc(C)n(-c2cc(Oc3ccc(NC(=O)COc4ccc(F)cc4)cc3)nc(C)n2)n1. The molecule has 0 atom stereocenters. The summed E-state index contributed by atoms with van der Waals surface area (Å²) in [6.45, 7) is 5.47. The highest BCUT2D eigenvalue weighted by atomic mass is 19.1. The van der Waals surface area contributed by atoms with Gasteiger partial charge in [-0.05, 0) is 75.4 Å². The average Bonchev–Trinajstić information content (AvgIpc) is 3.12. The van der Waals surface area contributed by atoms with E-state index in [0.717, 1.165) is 11.4 Å². The van der Waals surface area contributed by atoms with Crippen LogP contribution in [0, 0.1) is 26.6 Å². The quantitative estimate of drug-likeness (QED) is 0.447. The van der Waals surface area contributed by atoms with Crippen molar-refractivity contribution >= 4 is 11.6 Å². The number of ether oxygens (including phenoxy) is 2. The van der Waals surface area contributed by atoms with Gasteiger partial charge in [-0.15, -0.1) is 0 Å². The van der Waals surface area contributed by atoms with Crippen molar-refractivity contribution in [2.45, 2.75) is 20.8 Å². The largest absolute Gasteiger partial charge is 0.484 e. The molecule has 0 saturated heterocycles. The van der Waals surface area contributed by atoms with Crippen molar-refractivity contribution in [3.8, 4) is 23.2 Å². The molecule has 4 aromatic rings. The van der Waals surface area contributed by atoms with Gasteiger partial charge < -0.3 is 14.8 Å². The zero-order chi connectivity index (χ0) is 23.4. The summed E-state index contributed by atoms with van der Waals surface area (Å²) < 4.78 is 25.9. The molecule has 33 heavy (non-hydrogen) atoms. The number of rotatable bonds is 7. The van der Waals surface area contributed by atoms with Crippen LogP contribution in [-0.2, 0) is 4.79 Å². The fraction of sp³-hybridized carbons (Fsp3) is 0.167. The number of benzene rings is 2. The van der Waals surface area contributed by atoms with Gasteiger partial charge in [-0.2, -0.15) is 10.1 Å². The zero-order valence-electron chi connectivity index (χ0n) is 18.4. The van der Waals surface area contributed by atoms with E-state index in [1.807, 2.05) is 19.9 Å². The minimum absolute atomic E-state index is 0.195. The van der Waals surface area contributed by atoms with Gasteiger partial charge >= 0.3 is 0 Å². The van der Waals surface area contributed by atoms with Crippen molar-refractivity contribution < 1.29 is 18.7 Å². The molecule has 2 aromatic carbocycles. The Balaban J connectivity index is 1.38. The Labute approximate surface area is 190 Å². The smallest absolute Gasteiger partial charge is 0.262 e. The monoisotopic (exact) mass is 447 g/mol. The van der Waals surface area contributed by atoms with Crippen LogP contribution in [0.4, 0.5) is 10.1 Å². The van der Waals surface area contributed by atoms with E-state index in [4.69, 9.17) is 9.47 Å². The van der Waals surface area contributed by atoms with Crippen LogP contribution >= 0.6 is 0 Å². The van der Waals surface area contributed by atoms with Crippen LogP contribution in [-0.4, -0.2) is 32.3 Å². The van der Waals surface area contributed by atoms with Crippen LogP contribution in [0.2, 0.25) is 0 Å². The number of hydrogen-bond donors (Lipinski definition) is 1. The van der Waals surface area contributed by atoms with E-state index in [1.165, 1.54) is 24.3 Å². The lowest BCUT2D eigenvalue weighted by Crippen LogP contribution is -2.20. The third kappa shape index (κ3) is 5.70. The van der Waals surface area contributed by atoms with Gasteiger partial charge in [0.2, 0.25) is 5.88 Å². The molecule has 0 bridgehead atoms. The summed E-state index contributed by atoms with van der Waals surface area (Å²) in [5, 5.41) is 7.18. The predicted molar refractivity (Wildman–Crippen MR) is 120 cm³/mol. The molecule has 2 aromatic heterocycles. The number of hydrogen-bond acceptors (Lipinski definition) is 6. The molecule has 1 amide bonds. The first-order chi connectivity index (χ1) is 15.9. The molecular weight excluding hydrogens is 425 g/mol. The Kier molecular flexibility index (Phi) is 6.30. The third-order valence-electron chi connectivity index (χ3n) is 4.57. The molecule has 8 nitrogen and oxygen atoms in total. The first-order valence-electron chi connectivity index (χ1n) is 10.2. The number of amides is 1. The number of halogens is 1. The first kappa shape index (κ1) is 21.9. The lowest BCUT2D eigenvalue weighted by molar-refractivity contribution is -0.118. The average molecular weight is 447 g/mol. The van der Waals surface area contributed by atoms with Gasteiger partial charge in [0, 0.05) is 17.4 Å². The minimum Gasteiger partial charge on any atom is -0.484 e. The summed E-state index contributed by atoms with van der Waals surface area (Å²) in [6.07, 6.45) is 0. The number of aryl methyl sites for hydroxylation is 3. The lowest BCUT2D eigenvalue weighted by Gasteiger charge is -2.10. The highest BCUT2D eigenvalue weighted by molar-refractivity contribution is 5.91. The van der Waals surface area contributed by atoms with Crippen LogP contribution < -0.4 is 14.8 Å². The third-order valence-corrected chi connectivity index (χ3v) is 4.57. The van der Waals surface area contributed by atoms with Gasteiger partial charge in [0.1, 0.15) is 23.1 Å². The van der Waals surface area contributed by atoms with Crippen molar-refractivity contribution in [2.75, 3.05) is 11.9 Å². The fourth-order valence-electron chi connectivity index (χ4n) is 3.15. The molecule has 0 radical (unpaired) electrons. The molecule has 0 fully saturated rings. The topological polar surface area (TPSA) is 91.2 Å². The molecule has 0 unspecified atom stereocenters. The molecule has 0 aliphatic rings. The highest BCUT2D eigenvalue weighted by Crippen LogP contribution is 2.23. The van der Waals surface area contributed by atoms with Gasteiger partial charge in [0.25, 0.3) is 5.91 Å².